The van der Waals surface area contributed by atoms with Crippen molar-refractivity contribution in [2.75, 3.05) is 5.75 Å². The molecule has 1 atom stereocenters. The second kappa shape index (κ2) is 8.45. The van der Waals surface area contributed by atoms with Crippen molar-refractivity contribution in [2.45, 2.75) is 52.4 Å². The average Bonchev–Trinajstić information content (AvgIpc) is 2.03. The van der Waals surface area contributed by atoms with E-state index in [2.05, 4.69) is 13.8 Å². The molecule has 0 aromatic rings. The van der Waals surface area contributed by atoms with Crippen LogP contribution in [0.15, 0.2) is 0 Å². The van der Waals surface area contributed by atoms with Crippen LogP contribution in [-0.2, 0) is 0 Å². The summed E-state index contributed by atoms with van der Waals surface area (Å²) < 4.78 is 0. The molecule has 0 N–H and O–H groups in total. The van der Waals surface area contributed by atoms with Crippen LogP contribution in [0.5, 0.6) is 0 Å². The predicted molar refractivity (Wildman–Crippen MR) is 55.0 cm³/mol. The van der Waals surface area contributed by atoms with E-state index in [9.17, 15) is 0 Å². The summed E-state index contributed by atoms with van der Waals surface area (Å²) in [5.74, 6) is 1.80. The first-order chi connectivity index (χ1) is 5.35. The summed E-state index contributed by atoms with van der Waals surface area (Å²) in [6.07, 6.45) is 8.11. The maximum absolute atomic E-state index is 5.09. The van der Waals surface area contributed by atoms with Crippen LogP contribution < -0.4 is 0 Å². The highest BCUT2D eigenvalue weighted by atomic mass is 32.1. The molecule has 0 fully saturated rings. The molecule has 1 heteroatoms. The first-order valence-corrected chi connectivity index (χ1v) is 5.50. The molecule has 0 heterocycles. The van der Waals surface area contributed by atoms with Crippen molar-refractivity contribution in [2.24, 2.45) is 5.92 Å². The monoisotopic (exact) mass is 173 g/mol. The largest absolute Gasteiger partial charge is 0.0939 e. The molecule has 11 heavy (non-hydrogen) atoms. The lowest BCUT2D eigenvalue weighted by Gasteiger charge is -2.11. The first kappa shape index (κ1) is 11.4. The molecule has 0 saturated heterocycles. The van der Waals surface area contributed by atoms with Crippen LogP contribution in [0, 0.1) is 5.92 Å². The zero-order valence-electron chi connectivity index (χ0n) is 7.94. The Balaban J connectivity index is 3.20. The molecule has 1 unspecified atom stereocenters. The number of hydrogen-bond acceptors (Lipinski definition) is 0. The third-order valence-electron chi connectivity index (χ3n) is 2.15. The van der Waals surface area contributed by atoms with Crippen LogP contribution >= 0.6 is 12.6 Å². The SMILES string of the molecule is CCCCCC(C[S])CCC. The van der Waals surface area contributed by atoms with Crippen molar-refractivity contribution >= 4 is 12.6 Å². The molecule has 1 radical (unpaired) electrons. The predicted octanol–water partition coefficient (Wildman–Crippen LogP) is 4.18. The first-order valence-electron chi connectivity index (χ1n) is 4.93. The minimum absolute atomic E-state index is 0.835. The standard InChI is InChI=1S/C10H21S/c1-3-5-6-8-10(9-11)7-4-2/h10H,3-9H2,1-2H3. The molecule has 0 rings (SSSR count). The molecule has 0 aliphatic heterocycles. The second-order valence-corrected chi connectivity index (χ2v) is 3.65. The van der Waals surface area contributed by atoms with E-state index in [0.717, 1.165) is 11.7 Å². The summed E-state index contributed by atoms with van der Waals surface area (Å²) in [7, 11) is 0. The Kier molecular flexibility index (Phi) is 8.72. The fourth-order valence-electron chi connectivity index (χ4n) is 1.40. The van der Waals surface area contributed by atoms with Gasteiger partial charge < -0.3 is 0 Å². The summed E-state index contributed by atoms with van der Waals surface area (Å²) in [5.41, 5.74) is 0. The van der Waals surface area contributed by atoms with Crippen molar-refractivity contribution in [1.82, 2.24) is 0 Å². The van der Waals surface area contributed by atoms with E-state index in [1.807, 2.05) is 0 Å². The minimum atomic E-state index is 0.835. The lowest BCUT2D eigenvalue weighted by atomic mass is 9.99. The number of hydrogen-bond donors (Lipinski definition) is 0. The summed E-state index contributed by atoms with van der Waals surface area (Å²) in [4.78, 5) is 0. The third kappa shape index (κ3) is 6.74. The summed E-state index contributed by atoms with van der Waals surface area (Å²) in [6, 6.07) is 0. The Morgan fingerprint density at radius 3 is 2.18 bits per heavy atom. The van der Waals surface area contributed by atoms with Crippen LogP contribution in [0.1, 0.15) is 52.4 Å². The van der Waals surface area contributed by atoms with Crippen molar-refractivity contribution in [3.8, 4) is 0 Å². The summed E-state index contributed by atoms with van der Waals surface area (Å²) >= 11 is 5.09. The van der Waals surface area contributed by atoms with Gasteiger partial charge in [0.1, 0.15) is 0 Å². The Morgan fingerprint density at radius 1 is 1.00 bits per heavy atom. The van der Waals surface area contributed by atoms with Gasteiger partial charge in [-0.1, -0.05) is 52.2 Å². The molecule has 0 nitrogen and oxygen atoms in total. The van der Waals surface area contributed by atoms with E-state index in [-0.39, 0.29) is 0 Å². The lowest BCUT2D eigenvalue weighted by Crippen LogP contribution is -2.01. The third-order valence-corrected chi connectivity index (χ3v) is 2.62. The van der Waals surface area contributed by atoms with Gasteiger partial charge in [0.2, 0.25) is 0 Å². The van der Waals surface area contributed by atoms with Crippen molar-refractivity contribution in [3.05, 3.63) is 0 Å². The highest BCUT2D eigenvalue weighted by Crippen LogP contribution is 2.16. The maximum Gasteiger partial charge on any atom is 0.00653 e. The van der Waals surface area contributed by atoms with E-state index in [4.69, 9.17) is 12.6 Å². The van der Waals surface area contributed by atoms with Gasteiger partial charge in [-0.2, -0.15) is 0 Å². The van der Waals surface area contributed by atoms with Crippen LogP contribution in [0.3, 0.4) is 0 Å². The maximum atomic E-state index is 5.09. The molecule has 0 aromatic heterocycles. The Labute approximate surface area is 77.2 Å². The smallest absolute Gasteiger partial charge is 0.00653 e. The van der Waals surface area contributed by atoms with Crippen molar-refractivity contribution in [1.29, 1.82) is 0 Å². The molecular weight excluding hydrogens is 152 g/mol. The number of rotatable bonds is 7. The minimum Gasteiger partial charge on any atom is -0.0939 e. The van der Waals surface area contributed by atoms with Gasteiger partial charge in [0.15, 0.2) is 0 Å². The molecule has 0 amide bonds. The van der Waals surface area contributed by atoms with E-state index in [0.29, 0.717) is 0 Å². The summed E-state index contributed by atoms with van der Waals surface area (Å²) in [6.45, 7) is 4.50. The van der Waals surface area contributed by atoms with E-state index < -0.39 is 0 Å². The Bertz CT molecular complexity index is 71.3. The summed E-state index contributed by atoms with van der Waals surface area (Å²) in [5, 5.41) is 0. The van der Waals surface area contributed by atoms with Crippen LogP contribution in [-0.4, -0.2) is 5.75 Å². The van der Waals surface area contributed by atoms with Gasteiger partial charge in [0, 0.05) is 5.75 Å². The van der Waals surface area contributed by atoms with Crippen molar-refractivity contribution in [3.63, 3.8) is 0 Å². The Hall–Kier alpha value is 0.350. The fourth-order valence-corrected chi connectivity index (χ4v) is 1.74. The zero-order valence-corrected chi connectivity index (χ0v) is 8.75. The van der Waals surface area contributed by atoms with E-state index >= 15 is 0 Å². The van der Waals surface area contributed by atoms with Gasteiger partial charge in [-0.15, -0.1) is 0 Å². The van der Waals surface area contributed by atoms with Crippen LogP contribution in [0.2, 0.25) is 0 Å². The zero-order chi connectivity index (χ0) is 8.53. The molecule has 0 aliphatic carbocycles. The quantitative estimate of drug-likeness (QED) is 0.507. The topological polar surface area (TPSA) is 0 Å². The molecule has 0 aromatic carbocycles. The van der Waals surface area contributed by atoms with E-state index in [1.54, 1.807) is 0 Å². The van der Waals surface area contributed by atoms with Crippen LogP contribution in [0.25, 0.3) is 0 Å². The van der Waals surface area contributed by atoms with Gasteiger partial charge in [-0.25, -0.2) is 0 Å². The highest BCUT2D eigenvalue weighted by molar-refractivity contribution is 7.80. The van der Waals surface area contributed by atoms with Crippen LogP contribution in [0.4, 0.5) is 0 Å². The molecule has 0 aliphatic rings. The van der Waals surface area contributed by atoms with Crippen molar-refractivity contribution < 1.29 is 0 Å². The average molecular weight is 173 g/mol. The molecule has 0 bridgehead atoms. The highest BCUT2D eigenvalue weighted by Gasteiger charge is 2.04. The fraction of sp³-hybridized carbons (Fsp3) is 1.00. The van der Waals surface area contributed by atoms with Gasteiger partial charge in [0.25, 0.3) is 0 Å². The normalized spacial score (nSPS) is 13.4. The van der Waals surface area contributed by atoms with Gasteiger partial charge in [0.05, 0.1) is 0 Å². The number of unbranched alkanes of at least 4 members (excludes halogenated alkanes) is 2. The van der Waals surface area contributed by atoms with Gasteiger partial charge in [-0.3, -0.25) is 0 Å². The molecule has 0 spiro atoms. The van der Waals surface area contributed by atoms with E-state index in [1.165, 1.54) is 38.5 Å². The molecular formula is C10H21S. The van der Waals surface area contributed by atoms with Gasteiger partial charge >= 0.3 is 0 Å². The molecule has 0 saturated carbocycles. The lowest BCUT2D eigenvalue weighted by molar-refractivity contribution is 0.467. The Morgan fingerprint density at radius 2 is 1.73 bits per heavy atom. The van der Waals surface area contributed by atoms with Gasteiger partial charge in [-0.05, 0) is 18.8 Å². The second-order valence-electron chi connectivity index (χ2n) is 3.32. The molecule has 67 valence electrons.